The molecule has 0 bridgehead atoms. The van der Waals surface area contributed by atoms with E-state index in [2.05, 4.69) is 10.6 Å². The maximum Gasteiger partial charge on any atom is 0.238 e. The lowest BCUT2D eigenvalue weighted by Gasteiger charge is -2.14. The van der Waals surface area contributed by atoms with Gasteiger partial charge in [0, 0.05) is 17.8 Å². The fraction of sp³-hybridized carbons (Fsp3) is 0.312. The Morgan fingerprint density at radius 2 is 1.83 bits per heavy atom. The summed E-state index contributed by atoms with van der Waals surface area (Å²) >= 11 is 0. The number of rotatable bonds is 8. The Bertz CT molecular complexity index is 615. The van der Waals surface area contributed by atoms with Gasteiger partial charge < -0.3 is 29.3 Å². The summed E-state index contributed by atoms with van der Waals surface area (Å²) in [6.07, 6.45) is 1.59. The number of hydrogen-bond acceptors (Lipinski definition) is 6. The van der Waals surface area contributed by atoms with Crippen molar-refractivity contribution in [2.75, 3.05) is 33.2 Å². The number of anilines is 1. The highest BCUT2D eigenvalue weighted by atomic mass is 16.5. The zero-order chi connectivity index (χ0) is 16.7. The van der Waals surface area contributed by atoms with Gasteiger partial charge in [0.15, 0.2) is 11.5 Å². The predicted octanol–water partition coefficient (Wildman–Crippen LogP) is 2.03. The standard InChI is InChI=1S/C16H20N2O5/c1-20-13-7-11(8-14(21-2)16(13)22-3)18-15(19)10-17-9-12-5-4-6-23-12/h4-8,17H,9-10H2,1-3H3,(H,18,19). The summed E-state index contributed by atoms with van der Waals surface area (Å²) in [4.78, 5) is 12.0. The summed E-state index contributed by atoms with van der Waals surface area (Å²) in [5.41, 5.74) is 0.560. The molecule has 1 heterocycles. The molecular weight excluding hydrogens is 300 g/mol. The molecule has 0 aliphatic carbocycles. The highest BCUT2D eigenvalue weighted by Gasteiger charge is 2.14. The number of amides is 1. The van der Waals surface area contributed by atoms with Crippen LogP contribution in [0.3, 0.4) is 0 Å². The second-order valence-electron chi connectivity index (χ2n) is 4.65. The average Bonchev–Trinajstić information content (AvgIpc) is 3.07. The molecule has 0 fully saturated rings. The first-order chi connectivity index (χ1) is 11.2. The first-order valence-corrected chi connectivity index (χ1v) is 7.01. The summed E-state index contributed by atoms with van der Waals surface area (Å²) in [7, 11) is 4.57. The number of carbonyl (C=O) groups excluding carboxylic acids is 1. The highest BCUT2D eigenvalue weighted by Crippen LogP contribution is 2.39. The van der Waals surface area contributed by atoms with Crippen molar-refractivity contribution in [1.82, 2.24) is 5.32 Å². The summed E-state index contributed by atoms with van der Waals surface area (Å²) in [5, 5.41) is 5.77. The number of hydrogen-bond donors (Lipinski definition) is 2. The maximum atomic E-state index is 12.0. The zero-order valence-electron chi connectivity index (χ0n) is 13.3. The third-order valence-electron chi connectivity index (χ3n) is 3.11. The summed E-state index contributed by atoms with van der Waals surface area (Å²) in [6.45, 7) is 0.632. The molecule has 2 N–H and O–H groups in total. The van der Waals surface area contributed by atoms with E-state index < -0.39 is 0 Å². The van der Waals surface area contributed by atoms with Crippen LogP contribution in [0.2, 0.25) is 0 Å². The minimum Gasteiger partial charge on any atom is -0.493 e. The first-order valence-electron chi connectivity index (χ1n) is 7.01. The number of carbonyl (C=O) groups is 1. The lowest BCUT2D eigenvalue weighted by atomic mass is 10.2. The van der Waals surface area contributed by atoms with E-state index >= 15 is 0 Å². The van der Waals surface area contributed by atoms with Gasteiger partial charge in [-0.25, -0.2) is 0 Å². The average molecular weight is 320 g/mol. The molecule has 7 nitrogen and oxygen atoms in total. The van der Waals surface area contributed by atoms with Gasteiger partial charge in [0.25, 0.3) is 0 Å². The van der Waals surface area contributed by atoms with Crippen LogP contribution in [0.1, 0.15) is 5.76 Å². The zero-order valence-corrected chi connectivity index (χ0v) is 13.3. The molecule has 0 atom stereocenters. The van der Waals surface area contributed by atoms with Gasteiger partial charge in [-0.3, -0.25) is 4.79 Å². The molecule has 1 aromatic heterocycles. The van der Waals surface area contributed by atoms with Gasteiger partial charge in [0.2, 0.25) is 11.7 Å². The van der Waals surface area contributed by atoms with Crippen molar-refractivity contribution in [1.29, 1.82) is 0 Å². The quantitative estimate of drug-likeness (QED) is 0.774. The van der Waals surface area contributed by atoms with Gasteiger partial charge in [-0.1, -0.05) is 0 Å². The molecule has 0 spiro atoms. The van der Waals surface area contributed by atoms with Gasteiger partial charge >= 0.3 is 0 Å². The smallest absolute Gasteiger partial charge is 0.238 e. The number of furan rings is 1. The summed E-state index contributed by atoms with van der Waals surface area (Å²) < 4.78 is 20.9. The Balaban J connectivity index is 1.97. The maximum absolute atomic E-state index is 12.0. The monoisotopic (exact) mass is 320 g/mol. The topological polar surface area (TPSA) is 82.0 Å². The van der Waals surface area contributed by atoms with E-state index in [1.807, 2.05) is 6.07 Å². The number of nitrogens with one attached hydrogen (secondary N) is 2. The van der Waals surface area contributed by atoms with Gasteiger partial charge in [0.1, 0.15) is 5.76 Å². The molecule has 1 aromatic carbocycles. The van der Waals surface area contributed by atoms with Gasteiger partial charge in [-0.15, -0.1) is 0 Å². The molecule has 23 heavy (non-hydrogen) atoms. The van der Waals surface area contributed by atoms with E-state index in [0.29, 0.717) is 29.5 Å². The molecule has 0 unspecified atom stereocenters. The predicted molar refractivity (Wildman–Crippen MR) is 85.1 cm³/mol. The Kier molecular flexibility index (Phi) is 5.87. The molecule has 0 saturated heterocycles. The van der Waals surface area contributed by atoms with Crippen LogP contribution in [-0.2, 0) is 11.3 Å². The second-order valence-corrected chi connectivity index (χ2v) is 4.65. The van der Waals surface area contributed by atoms with Crippen LogP contribution >= 0.6 is 0 Å². The van der Waals surface area contributed by atoms with Crippen molar-refractivity contribution in [2.24, 2.45) is 0 Å². The molecule has 7 heteroatoms. The van der Waals surface area contributed by atoms with E-state index in [1.165, 1.54) is 21.3 Å². The van der Waals surface area contributed by atoms with Crippen LogP contribution in [0.4, 0.5) is 5.69 Å². The molecule has 0 radical (unpaired) electrons. The molecule has 124 valence electrons. The second kappa shape index (κ2) is 8.09. The Morgan fingerprint density at radius 1 is 1.13 bits per heavy atom. The van der Waals surface area contributed by atoms with Crippen molar-refractivity contribution in [3.05, 3.63) is 36.3 Å². The molecular formula is C16H20N2O5. The van der Waals surface area contributed by atoms with Crippen molar-refractivity contribution in [3.8, 4) is 17.2 Å². The van der Waals surface area contributed by atoms with E-state index in [0.717, 1.165) is 5.76 Å². The van der Waals surface area contributed by atoms with Crippen LogP contribution in [0.5, 0.6) is 17.2 Å². The Hall–Kier alpha value is -2.67. The minimum atomic E-state index is -0.189. The van der Waals surface area contributed by atoms with Gasteiger partial charge in [-0.05, 0) is 12.1 Å². The van der Waals surface area contributed by atoms with Gasteiger partial charge in [0.05, 0.1) is 40.7 Å². The van der Waals surface area contributed by atoms with E-state index in [1.54, 1.807) is 24.5 Å². The lowest BCUT2D eigenvalue weighted by molar-refractivity contribution is -0.115. The molecule has 0 saturated carbocycles. The van der Waals surface area contributed by atoms with Crippen LogP contribution in [0, 0.1) is 0 Å². The fourth-order valence-corrected chi connectivity index (χ4v) is 2.07. The lowest BCUT2D eigenvalue weighted by Crippen LogP contribution is -2.27. The Labute approximate surface area is 134 Å². The third kappa shape index (κ3) is 4.40. The SMILES string of the molecule is COc1cc(NC(=O)CNCc2ccco2)cc(OC)c1OC. The van der Waals surface area contributed by atoms with E-state index in [4.69, 9.17) is 18.6 Å². The molecule has 0 aliphatic rings. The minimum absolute atomic E-state index is 0.150. The van der Waals surface area contributed by atoms with Crippen molar-refractivity contribution in [3.63, 3.8) is 0 Å². The number of ether oxygens (including phenoxy) is 3. The van der Waals surface area contributed by atoms with Crippen molar-refractivity contribution in [2.45, 2.75) is 6.54 Å². The van der Waals surface area contributed by atoms with Crippen LogP contribution in [0.15, 0.2) is 34.9 Å². The largest absolute Gasteiger partial charge is 0.493 e. The van der Waals surface area contributed by atoms with E-state index in [9.17, 15) is 4.79 Å². The summed E-state index contributed by atoms with van der Waals surface area (Å²) in [6, 6.07) is 6.98. The molecule has 0 aliphatic heterocycles. The molecule has 2 aromatic rings. The third-order valence-corrected chi connectivity index (χ3v) is 3.11. The normalized spacial score (nSPS) is 10.2. The van der Waals surface area contributed by atoms with Crippen LogP contribution < -0.4 is 24.8 Å². The fourth-order valence-electron chi connectivity index (χ4n) is 2.07. The first kappa shape index (κ1) is 16.7. The number of methoxy groups -OCH3 is 3. The molecule has 2 rings (SSSR count). The summed E-state index contributed by atoms with van der Waals surface area (Å²) in [5.74, 6) is 2.01. The van der Waals surface area contributed by atoms with Crippen molar-refractivity contribution < 1.29 is 23.4 Å². The highest BCUT2D eigenvalue weighted by molar-refractivity contribution is 5.93. The van der Waals surface area contributed by atoms with Crippen LogP contribution in [-0.4, -0.2) is 33.8 Å². The van der Waals surface area contributed by atoms with Crippen molar-refractivity contribution >= 4 is 11.6 Å². The van der Waals surface area contributed by atoms with Crippen LogP contribution in [0.25, 0.3) is 0 Å². The Morgan fingerprint density at radius 3 is 2.35 bits per heavy atom. The molecule has 1 amide bonds. The van der Waals surface area contributed by atoms with E-state index in [-0.39, 0.29) is 12.5 Å². The van der Waals surface area contributed by atoms with Gasteiger partial charge in [-0.2, -0.15) is 0 Å². The number of benzene rings is 1.